The molecule has 1 N–H and O–H groups in total. The lowest BCUT2D eigenvalue weighted by molar-refractivity contribution is 0.285. The Kier molecular flexibility index (Phi) is 4.99. The van der Waals surface area contributed by atoms with Gasteiger partial charge in [-0.15, -0.1) is 0 Å². The summed E-state index contributed by atoms with van der Waals surface area (Å²) in [5.41, 5.74) is 3.87. The van der Waals surface area contributed by atoms with Crippen molar-refractivity contribution in [3.8, 4) is 0 Å². The van der Waals surface area contributed by atoms with Gasteiger partial charge in [0.15, 0.2) is 0 Å². The fourth-order valence-electron chi connectivity index (χ4n) is 3.08. The summed E-state index contributed by atoms with van der Waals surface area (Å²) in [5, 5.41) is 0. The third-order valence-electron chi connectivity index (χ3n) is 4.21. The lowest BCUT2D eigenvalue weighted by atomic mass is 10.1. The predicted molar refractivity (Wildman–Crippen MR) is 101 cm³/mol. The van der Waals surface area contributed by atoms with Crippen LogP contribution in [-0.2, 0) is 23.1 Å². The minimum Gasteiger partial charge on any atom is -0.295 e. The third-order valence-corrected chi connectivity index (χ3v) is 6.57. The van der Waals surface area contributed by atoms with Crippen LogP contribution in [0, 0.1) is 6.92 Å². The molecule has 0 bridgehead atoms. The van der Waals surface area contributed by atoms with Gasteiger partial charge in [-0.25, -0.2) is 8.42 Å². The second kappa shape index (κ2) is 6.86. The van der Waals surface area contributed by atoms with E-state index >= 15 is 0 Å². The first-order chi connectivity index (χ1) is 11.4. The normalized spacial score (nSPS) is 14.6. The Morgan fingerprint density at radius 3 is 2.75 bits per heavy atom. The summed E-state index contributed by atoms with van der Waals surface area (Å²) in [7, 11) is -3.63. The molecule has 0 aliphatic carbocycles. The molecule has 128 valence electrons. The van der Waals surface area contributed by atoms with Crippen molar-refractivity contribution in [1.82, 2.24) is 4.90 Å². The highest BCUT2D eigenvalue weighted by Crippen LogP contribution is 2.32. The molecule has 0 fully saturated rings. The molecular weight excluding hydrogens is 388 g/mol. The number of aryl methyl sites for hydroxylation is 1. The van der Waals surface area contributed by atoms with Gasteiger partial charge in [0.25, 0.3) is 10.0 Å². The zero-order valence-corrected chi connectivity index (χ0v) is 16.2. The first-order valence-electron chi connectivity index (χ1n) is 8.03. The first kappa shape index (κ1) is 17.5. The Balaban J connectivity index is 1.93. The largest absolute Gasteiger partial charge is 0.295 e. The average Bonchev–Trinajstić information content (AvgIpc) is 2.93. The van der Waals surface area contributed by atoms with Crippen molar-refractivity contribution in [3.63, 3.8) is 0 Å². The van der Waals surface area contributed by atoms with Crippen LogP contribution in [0.2, 0.25) is 0 Å². The van der Waals surface area contributed by atoms with Crippen LogP contribution in [0.1, 0.15) is 30.0 Å². The summed E-state index contributed by atoms with van der Waals surface area (Å²) >= 11 is 3.34. The number of anilines is 1. The summed E-state index contributed by atoms with van der Waals surface area (Å²) in [4.78, 5) is 2.61. The summed E-state index contributed by atoms with van der Waals surface area (Å²) in [6, 6.07) is 11.2. The van der Waals surface area contributed by atoms with E-state index in [9.17, 15) is 8.42 Å². The quantitative estimate of drug-likeness (QED) is 0.802. The Morgan fingerprint density at radius 1 is 1.21 bits per heavy atom. The van der Waals surface area contributed by atoms with Gasteiger partial charge in [-0.05, 0) is 70.7 Å². The molecule has 1 heterocycles. The molecule has 2 aromatic rings. The summed E-state index contributed by atoms with van der Waals surface area (Å²) in [5.74, 6) is 0. The lowest BCUT2D eigenvalue weighted by Gasteiger charge is -2.14. The molecule has 0 saturated heterocycles. The van der Waals surface area contributed by atoms with Gasteiger partial charge in [-0.1, -0.05) is 25.1 Å². The number of nitrogens with one attached hydrogen (secondary N) is 1. The molecular formula is C18H21BrN2O2S. The van der Waals surface area contributed by atoms with Gasteiger partial charge in [0, 0.05) is 17.6 Å². The molecule has 4 nitrogen and oxygen atoms in total. The van der Waals surface area contributed by atoms with Gasteiger partial charge in [0.1, 0.15) is 4.90 Å². The van der Waals surface area contributed by atoms with E-state index in [0.29, 0.717) is 10.2 Å². The van der Waals surface area contributed by atoms with Gasteiger partial charge in [0.2, 0.25) is 0 Å². The highest BCUT2D eigenvalue weighted by atomic mass is 79.9. The maximum absolute atomic E-state index is 12.8. The fraction of sp³-hybridized carbons (Fsp3) is 0.333. The molecule has 0 amide bonds. The molecule has 0 saturated carbocycles. The summed E-state index contributed by atoms with van der Waals surface area (Å²) in [6.45, 7) is 6.73. The maximum atomic E-state index is 12.8. The van der Waals surface area contributed by atoms with E-state index in [-0.39, 0.29) is 4.90 Å². The van der Waals surface area contributed by atoms with Crippen molar-refractivity contribution < 1.29 is 8.42 Å². The molecule has 0 spiro atoms. The van der Waals surface area contributed by atoms with Crippen LogP contribution in [0.3, 0.4) is 0 Å². The molecule has 1 aliphatic rings. The highest BCUT2D eigenvalue weighted by Gasteiger charge is 2.24. The van der Waals surface area contributed by atoms with Crippen molar-refractivity contribution in [2.24, 2.45) is 0 Å². The first-order valence-corrected chi connectivity index (χ1v) is 10.3. The predicted octanol–water partition coefficient (Wildman–Crippen LogP) is 4.28. The van der Waals surface area contributed by atoms with E-state index in [1.807, 2.05) is 25.1 Å². The number of sulfonamides is 1. The zero-order valence-electron chi connectivity index (χ0n) is 13.8. The smallest absolute Gasteiger partial charge is 0.263 e. The highest BCUT2D eigenvalue weighted by molar-refractivity contribution is 9.10. The van der Waals surface area contributed by atoms with Crippen molar-refractivity contribution >= 4 is 31.6 Å². The van der Waals surface area contributed by atoms with E-state index in [0.717, 1.165) is 37.2 Å². The molecule has 0 radical (unpaired) electrons. The number of fused-ring (bicyclic) bond motifs is 1. The van der Waals surface area contributed by atoms with Crippen LogP contribution in [0.25, 0.3) is 0 Å². The average molecular weight is 409 g/mol. The number of benzene rings is 2. The van der Waals surface area contributed by atoms with Crippen molar-refractivity contribution in [1.29, 1.82) is 0 Å². The molecule has 0 aromatic heterocycles. The van der Waals surface area contributed by atoms with E-state index in [2.05, 4.69) is 38.5 Å². The van der Waals surface area contributed by atoms with Crippen LogP contribution in [0.15, 0.2) is 45.8 Å². The molecule has 0 atom stereocenters. The van der Waals surface area contributed by atoms with E-state index in [1.54, 1.807) is 12.1 Å². The molecule has 1 aliphatic heterocycles. The molecule has 0 unspecified atom stereocenters. The van der Waals surface area contributed by atoms with Crippen LogP contribution in [0.5, 0.6) is 0 Å². The Labute approximate surface area is 152 Å². The monoisotopic (exact) mass is 408 g/mol. The zero-order chi connectivity index (χ0) is 17.3. The van der Waals surface area contributed by atoms with Gasteiger partial charge in [-0.2, -0.15) is 0 Å². The fourth-order valence-corrected chi connectivity index (χ4v) is 5.22. The van der Waals surface area contributed by atoms with E-state index < -0.39 is 10.0 Å². The molecule has 2 aromatic carbocycles. The maximum Gasteiger partial charge on any atom is 0.263 e. The number of hydrogen-bond donors (Lipinski definition) is 1. The lowest BCUT2D eigenvalue weighted by Crippen LogP contribution is -2.18. The van der Waals surface area contributed by atoms with Gasteiger partial charge in [-0.3, -0.25) is 9.62 Å². The Hall–Kier alpha value is -1.37. The Bertz CT molecular complexity index is 865. The summed E-state index contributed by atoms with van der Waals surface area (Å²) < 4.78 is 29.0. The van der Waals surface area contributed by atoms with Crippen LogP contribution >= 0.6 is 15.9 Å². The van der Waals surface area contributed by atoms with Gasteiger partial charge < -0.3 is 0 Å². The van der Waals surface area contributed by atoms with E-state index in [1.165, 1.54) is 5.56 Å². The number of hydrogen-bond acceptors (Lipinski definition) is 3. The van der Waals surface area contributed by atoms with E-state index in [4.69, 9.17) is 0 Å². The molecule has 3 rings (SSSR count). The van der Waals surface area contributed by atoms with Crippen LogP contribution in [0.4, 0.5) is 5.69 Å². The standard InChI is InChI=1S/C18H21BrN2O2S/c1-3-9-21-11-14-5-4-6-17(15(14)12-21)20-24(22,23)18-10-13(2)7-8-16(18)19/h4-8,10,20H,3,9,11-12H2,1-2H3. The minimum absolute atomic E-state index is 0.267. The van der Waals surface area contributed by atoms with Gasteiger partial charge in [0.05, 0.1) is 5.69 Å². The van der Waals surface area contributed by atoms with Crippen molar-refractivity contribution in [2.75, 3.05) is 11.3 Å². The van der Waals surface area contributed by atoms with Crippen molar-refractivity contribution in [3.05, 3.63) is 57.6 Å². The van der Waals surface area contributed by atoms with Crippen LogP contribution in [-0.4, -0.2) is 19.9 Å². The topological polar surface area (TPSA) is 49.4 Å². The number of rotatable bonds is 5. The molecule has 6 heteroatoms. The van der Waals surface area contributed by atoms with Crippen LogP contribution < -0.4 is 4.72 Å². The summed E-state index contributed by atoms with van der Waals surface area (Å²) in [6.07, 6.45) is 1.09. The van der Waals surface area contributed by atoms with Crippen molar-refractivity contribution in [2.45, 2.75) is 38.3 Å². The minimum atomic E-state index is -3.63. The molecule has 24 heavy (non-hydrogen) atoms. The number of halogens is 1. The SMILES string of the molecule is CCCN1Cc2cccc(NS(=O)(=O)c3cc(C)ccc3Br)c2C1. The second-order valence-electron chi connectivity index (χ2n) is 6.19. The second-order valence-corrected chi connectivity index (χ2v) is 8.70. The number of nitrogens with zero attached hydrogens (tertiary/aromatic N) is 1. The third kappa shape index (κ3) is 3.50. The van der Waals surface area contributed by atoms with Gasteiger partial charge >= 0.3 is 0 Å². The Morgan fingerprint density at radius 2 is 2.00 bits per heavy atom.